The predicted molar refractivity (Wildman–Crippen MR) is 158 cm³/mol. The molecule has 0 radical (unpaired) electrons. The van der Waals surface area contributed by atoms with Gasteiger partial charge in [-0.15, -0.1) is 0 Å². The Bertz CT molecular complexity index is 1680. The van der Waals surface area contributed by atoms with Gasteiger partial charge in [0.25, 0.3) is 15.9 Å². The zero-order valence-corrected chi connectivity index (χ0v) is 24.6. The summed E-state index contributed by atoms with van der Waals surface area (Å²) < 4.78 is 37.4. The van der Waals surface area contributed by atoms with Gasteiger partial charge in [-0.05, 0) is 61.9 Å². The fourth-order valence-corrected chi connectivity index (χ4v) is 6.02. The highest BCUT2D eigenvalue weighted by Gasteiger charge is 2.30. The third-order valence-electron chi connectivity index (χ3n) is 7.11. The number of nitrogens with one attached hydrogen (secondary N) is 1. The fraction of sp³-hybridized carbons (Fsp3) is 0.333. The summed E-state index contributed by atoms with van der Waals surface area (Å²) in [5, 5.41) is 4.29. The molecule has 0 saturated carbocycles. The normalized spacial score (nSPS) is 16.8. The van der Waals surface area contributed by atoms with Crippen molar-refractivity contribution in [3.63, 3.8) is 0 Å². The lowest BCUT2D eigenvalue weighted by Gasteiger charge is -2.31. The summed E-state index contributed by atoms with van der Waals surface area (Å²) in [5.41, 5.74) is 4.19. The SMILES string of the molecule is Cc1cccc(C)c1-c1cc2nc(n1)NS(=O)(=O)c1cccc(c1)C(=O)N(c1cnn(C)c1)[C@H](CCC(C)C)CO2. The number of carbonyl (C=O) groups is 1. The van der Waals surface area contributed by atoms with E-state index in [9.17, 15) is 13.2 Å². The van der Waals surface area contributed by atoms with E-state index in [4.69, 9.17) is 4.74 Å². The number of amides is 1. The summed E-state index contributed by atoms with van der Waals surface area (Å²) in [7, 11) is -2.35. The number of aryl methyl sites for hydroxylation is 3. The first-order valence-electron chi connectivity index (χ1n) is 13.6. The van der Waals surface area contributed by atoms with Gasteiger partial charge in [0.1, 0.15) is 6.61 Å². The number of carbonyl (C=O) groups excluding carboxylic acids is 1. The lowest BCUT2D eigenvalue weighted by Crippen LogP contribution is -2.44. The summed E-state index contributed by atoms with van der Waals surface area (Å²) in [6.45, 7) is 8.33. The number of fused-ring (bicyclic) bond motifs is 4. The Balaban J connectivity index is 1.69. The third kappa shape index (κ3) is 6.09. The number of hydrogen-bond donors (Lipinski definition) is 1. The molecule has 0 spiro atoms. The zero-order valence-electron chi connectivity index (χ0n) is 23.8. The van der Waals surface area contributed by atoms with Gasteiger partial charge >= 0.3 is 0 Å². The van der Waals surface area contributed by atoms with Gasteiger partial charge in [-0.25, -0.2) is 18.1 Å². The summed E-state index contributed by atoms with van der Waals surface area (Å²) >= 11 is 0. The molecule has 1 aliphatic rings. The molecule has 0 fully saturated rings. The minimum Gasteiger partial charge on any atom is -0.475 e. The fourth-order valence-electron chi connectivity index (χ4n) is 5.03. The van der Waals surface area contributed by atoms with Crippen molar-refractivity contribution in [2.45, 2.75) is 51.5 Å². The summed E-state index contributed by atoms with van der Waals surface area (Å²) in [5.74, 6) is 0.137. The molecule has 0 saturated heterocycles. The van der Waals surface area contributed by atoms with Crippen molar-refractivity contribution in [3.8, 4) is 17.1 Å². The topological polar surface area (TPSA) is 119 Å². The van der Waals surface area contributed by atoms with Crippen LogP contribution in [0.1, 0.15) is 48.2 Å². The largest absolute Gasteiger partial charge is 0.475 e. The first kappa shape index (κ1) is 28.3. The quantitative estimate of drug-likeness (QED) is 0.351. The number of ether oxygens (including phenoxy) is 1. The maximum Gasteiger partial charge on any atom is 0.264 e. The van der Waals surface area contributed by atoms with Crippen LogP contribution in [0.2, 0.25) is 0 Å². The molecule has 2 aromatic heterocycles. The predicted octanol–water partition coefficient (Wildman–Crippen LogP) is 5.14. The van der Waals surface area contributed by atoms with Gasteiger partial charge in [0.2, 0.25) is 11.8 Å². The first-order chi connectivity index (χ1) is 19.5. The maximum absolute atomic E-state index is 14.1. The van der Waals surface area contributed by atoms with Gasteiger partial charge < -0.3 is 4.74 Å². The lowest BCUT2D eigenvalue weighted by atomic mass is 10.00. The standard InChI is InChI=1S/C30H34N6O4S/c1-19(2)12-13-23-18-40-27-15-26(28-20(3)8-6-9-21(28)4)32-30(33-27)34-41(38,39)25-11-7-10-22(14-25)29(37)36(23)24-16-31-35(5)17-24/h6-11,14-17,19,23H,12-13,18H2,1-5H3,(H,32,33,34)/t23-/m1/s1. The second-order valence-electron chi connectivity index (χ2n) is 10.8. The van der Waals surface area contributed by atoms with E-state index < -0.39 is 10.0 Å². The number of benzene rings is 2. The first-order valence-corrected chi connectivity index (χ1v) is 15.0. The highest BCUT2D eigenvalue weighted by Crippen LogP contribution is 2.31. The van der Waals surface area contributed by atoms with E-state index in [0.29, 0.717) is 23.7 Å². The van der Waals surface area contributed by atoms with Crippen molar-refractivity contribution in [3.05, 3.63) is 77.6 Å². The number of rotatable bonds is 5. The Labute approximate surface area is 240 Å². The van der Waals surface area contributed by atoms with Crippen molar-refractivity contribution < 1.29 is 17.9 Å². The molecule has 214 valence electrons. The zero-order chi connectivity index (χ0) is 29.3. The molecule has 10 nitrogen and oxygen atoms in total. The minimum atomic E-state index is -4.13. The monoisotopic (exact) mass is 574 g/mol. The molecule has 1 aliphatic heterocycles. The lowest BCUT2D eigenvalue weighted by molar-refractivity contribution is 0.0962. The molecule has 0 aliphatic carbocycles. The van der Waals surface area contributed by atoms with Gasteiger partial charge in [0.05, 0.1) is 28.5 Å². The van der Waals surface area contributed by atoms with E-state index >= 15 is 0 Å². The number of hydrogen-bond acceptors (Lipinski definition) is 7. The van der Waals surface area contributed by atoms with E-state index in [2.05, 4.69) is 33.6 Å². The van der Waals surface area contributed by atoms with E-state index in [1.54, 1.807) is 47.2 Å². The van der Waals surface area contributed by atoms with Crippen LogP contribution in [0.3, 0.4) is 0 Å². The number of aromatic nitrogens is 4. The average molecular weight is 575 g/mol. The molecule has 1 amide bonds. The Morgan fingerprint density at radius 1 is 1.07 bits per heavy atom. The van der Waals surface area contributed by atoms with Crippen LogP contribution in [-0.2, 0) is 17.1 Å². The van der Waals surface area contributed by atoms with Crippen LogP contribution in [0, 0.1) is 19.8 Å². The van der Waals surface area contributed by atoms with Gasteiger partial charge in [-0.3, -0.25) is 14.4 Å². The van der Waals surface area contributed by atoms with Crippen molar-refractivity contribution in [1.29, 1.82) is 0 Å². The van der Waals surface area contributed by atoms with Crippen LogP contribution in [0.15, 0.2) is 65.8 Å². The molecule has 11 heteroatoms. The molecule has 5 rings (SSSR count). The second kappa shape index (κ2) is 11.3. The summed E-state index contributed by atoms with van der Waals surface area (Å²) in [6.07, 6.45) is 4.89. The average Bonchev–Trinajstić information content (AvgIpc) is 3.34. The van der Waals surface area contributed by atoms with E-state index in [-0.39, 0.29) is 40.8 Å². The number of nitrogens with zero attached hydrogens (tertiary/aromatic N) is 5. The van der Waals surface area contributed by atoms with Crippen LogP contribution >= 0.6 is 0 Å². The van der Waals surface area contributed by atoms with Crippen LogP contribution in [0.25, 0.3) is 11.3 Å². The highest BCUT2D eigenvalue weighted by atomic mass is 32.2. The Hall–Kier alpha value is -4.25. The van der Waals surface area contributed by atoms with Gasteiger partial charge in [0, 0.05) is 30.4 Å². The molecule has 4 bridgehead atoms. The molecule has 2 aromatic carbocycles. The van der Waals surface area contributed by atoms with Crippen molar-refractivity contribution in [2.24, 2.45) is 13.0 Å². The minimum absolute atomic E-state index is 0.0731. The van der Waals surface area contributed by atoms with Crippen molar-refractivity contribution >= 4 is 27.6 Å². The van der Waals surface area contributed by atoms with Gasteiger partial charge in [-0.2, -0.15) is 10.1 Å². The molecule has 0 unspecified atom stereocenters. The molecule has 1 atom stereocenters. The Morgan fingerprint density at radius 3 is 2.49 bits per heavy atom. The van der Waals surface area contributed by atoms with Gasteiger partial charge in [0.15, 0.2) is 0 Å². The van der Waals surface area contributed by atoms with Crippen molar-refractivity contribution in [2.75, 3.05) is 16.2 Å². The Kier molecular flexibility index (Phi) is 7.81. The molecular formula is C30H34N6O4S. The van der Waals surface area contributed by atoms with Crippen LogP contribution in [0.4, 0.5) is 11.6 Å². The van der Waals surface area contributed by atoms with Crippen molar-refractivity contribution in [1.82, 2.24) is 19.7 Å². The second-order valence-corrected chi connectivity index (χ2v) is 12.5. The molecule has 3 heterocycles. The molecule has 4 aromatic rings. The van der Waals surface area contributed by atoms with Crippen LogP contribution in [0.5, 0.6) is 5.88 Å². The molecule has 41 heavy (non-hydrogen) atoms. The maximum atomic E-state index is 14.1. The number of anilines is 2. The van der Waals surface area contributed by atoms with Gasteiger partial charge in [-0.1, -0.05) is 38.1 Å². The third-order valence-corrected chi connectivity index (χ3v) is 8.44. The van der Waals surface area contributed by atoms with E-state index in [1.165, 1.54) is 12.1 Å². The molecule has 1 N–H and O–H groups in total. The summed E-state index contributed by atoms with van der Waals surface area (Å²) in [4.78, 5) is 24.7. The molecular weight excluding hydrogens is 540 g/mol. The van der Waals surface area contributed by atoms with Crippen LogP contribution < -0.4 is 14.4 Å². The Morgan fingerprint density at radius 2 is 1.80 bits per heavy atom. The number of sulfonamides is 1. The van der Waals surface area contributed by atoms with E-state index in [0.717, 1.165) is 23.1 Å². The highest BCUT2D eigenvalue weighted by molar-refractivity contribution is 7.92. The van der Waals surface area contributed by atoms with Crippen LogP contribution in [-0.4, -0.2) is 46.7 Å². The van der Waals surface area contributed by atoms with E-state index in [1.807, 2.05) is 32.0 Å². The summed E-state index contributed by atoms with van der Waals surface area (Å²) in [6, 6.07) is 13.2. The smallest absolute Gasteiger partial charge is 0.264 e.